The Morgan fingerprint density at radius 3 is 2.54 bits per heavy atom. The third-order valence-corrected chi connectivity index (χ3v) is 3.66. The first-order valence-corrected chi connectivity index (χ1v) is 8.11. The van der Waals surface area contributed by atoms with Crippen LogP contribution in [-0.2, 0) is 20.0 Å². The van der Waals surface area contributed by atoms with Crippen molar-refractivity contribution < 1.29 is 0 Å². The Bertz CT molecular complexity index is 633. The van der Waals surface area contributed by atoms with E-state index in [4.69, 9.17) is 4.99 Å². The molecule has 24 heavy (non-hydrogen) atoms. The summed E-state index contributed by atoms with van der Waals surface area (Å²) in [4.78, 5) is 6.87. The van der Waals surface area contributed by atoms with Crippen LogP contribution in [0.25, 0.3) is 0 Å². The molecule has 0 saturated heterocycles. The van der Waals surface area contributed by atoms with Crippen molar-refractivity contribution in [3.05, 3.63) is 53.3 Å². The number of nitrogens with one attached hydrogen (secondary N) is 1. The minimum Gasteiger partial charge on any atom is -0.357 e. The van der Waals surface area contributed by atoms with Gasteiger partial charge in [-0.1, -0.05) is 29.8 Å². The van der Waals surface area contributed by atoms with Crippen LogP contribution in [0.5, 0.6) is 0 Å². The standard InChI is InChI=1S/C18H27N5.HI/c1-5-19-18(22(3)13-17-12-21-23(4)14-17)20-11-10-16-8-6-15(2)7-9-16;/h6-9,12,14H,5,10-11,13H2,1-4H3,(H,19,20);1H. The first kappa shape index (κ1) is 20.5. The van der Waals surface area contributed by atoms with Crippen molar-refractivity contribution in [1.82, 2.24) is 20.0 Å². The van der Waals surface area contributed by atoms with Crippen LogP contribution in [0.15, 0.2) is 41.7 Å². The molecule has 0 radical (unpaired) electrons. The summed E-state index contributed by atoms with van der Waals surface area (Å²) < 4.78 is 1.82. The second-order valence-electron chi connectivity index (χ2n) is 5.85. The highest BCUT2D eigenvalue weighted by Crippen LogP contribution is 2.05. The molecule has 0 spiro atoms. The second kappa shape index (κ2) is 10.3. The number of nitrogens with zero attached hydrogens (tertiary/aromatic N) is 4. The van der Waals surface area contributed by atoms with Crippen molar-refractivity contribution in [2.24, 2.45) is 12.0 Å². The van der Waals surface area contributed by atoms with Crippen LogP contribution in [-0.4, -0.2) is 40.8 Å². The molecule has 1 N–H and O–H groups in total. The third kappa shape index (κ3) is 6.51. The molecule has 6 heteroatoms. The van der Waals surface area contributed by atoms with E-state index in [0.717, 1.165) is 32.0 Å². The molecule has 1 aromatic heterocycles. The van der Waals surface area contributed by atoms with Crippen LogP contribution in [0.1, 0.15) is 23.6 Å². The van der Waals surface area contributed by atoms with Gasteiger partial charge in [-0.2, -0.15) is 5.10 Å². The zero-order chi connectivity index (χ0) is 16.7. The Labute approximate surface area is 162 Å². The maximum absolute atomic E-state index is 4.74. The molecule has 2 rings (SSSR count). The van der Waals surface area contributed by atoms with Crippen LogP contribution in [0.3, 0.4) is 0 Å². The van der Waals surface area contributed by atoms with Gasteiger partial charge < -0.3 is 10.2 Å². The molecule has 0 aliphatic rings. The summed E-state index contributed by atoms with van der Waals surface area (Å²) in [6.45, 7) is 6.64. The Balaban J connectivity index is 0.00000288. The van der Waals surface area contributed by atoms with Gasteiger partial charge >= 0.3 is 0 Å². The Kier molecular flexibility index (Phi) is 8.81. The number of benzene rings is 1. The normalized spacial score (nSPS) is 11.1. The van der Waals surface area contributed by atoms with Crippen LogP contribution in [0.2, 0.25) is 0 Å². The van der Waals surface area contributed by atoms with Gasteiger partial charge in [-0.05, 0) is 25.8 Å². The van der Waals surface area contributed by atoms with Gasteiger partial charge in [0.05, 0.1) is 6.20 Å². The first-order valence-electron chi connectivity index (χ1n) is 8.11. The largest absolute Gasteiger partial charge is 0.357 e. The van der Waals surface area contributed by atoms with Gasteiger partial charge in [0.15, 0.2) is 5.96 Å². The van der Waals surface area contributed by atoms with E-state index >= 15 is 0 Å². The predicted octanol–water partition coefficient (Wildman–Crippen LogP) is 2.99. The Hall–Kier alpha value is -1.57. The molecule has 0 atom stereocenters. The molecule has 0 saturated carbocycles. The van der Waals surface area contributed by atoms with Crippen molar-refractivity contribution in [3.8, 4) is 0 Å². The van der Waals surface area contributed by atoms with Crippen molar-refractivity contribution >= 4 is 29.9 Å². The summed E-state index contributed by atoms with van der Waals surface area (Å²) in [6, 6.07) is 8.66. The van der Waals surface area contributed by atoms with Crippen molar-refractivity contribution in [2.45, 2.75) is 26.8 Å². The summed E-state index contributed by atoms with van der Waals surface area (Å²) in [6.07, 6.45) is 4.88. The van der Waals surface area contributed by atoms with Gasteiger partial charge in [-0.3, -0.25) is 9.67 Å². The fraction of sp³-hybridized carbons (Fsp3) is 0.444. The topological polar surface area (TPSA) is 45.5 Å². The number of aryl methyl sites for hydroxylation is 2. The lowest BCUT2D eigenvalue weighted by atomic mass is 10.1. The van der Waals surface area contributed by atoms with E-state index in [1.54, 1.807) is 0 Å². The lowest BCUT2D eigenvalue weighted by Gasteiger charge is -2.21. The van der Waals surface area contributed by atoms with Crippen molar-refractivity contribution in [1.29, 1.82) is 0 Å². The highest BCUT2D eigenvalue weighted by atomic mass is 127. The molecule has 0 aliphatic carbocycles. The van der Waals surface area contributed by atoms with E-state index in [2.05, 4.69) is 60.5 Å². The van der Waals surface area contributed by atoms with Gasteiger partial charge in [0.2, 0.25) is 0 Å². The molecule has 0 unspecified atom stereocenters. The molecular weight excluding hydrogens is 413 g/mol. The molecule has 0 fully saturated rings. The van der Waals surface area contributed by atoms with E-state index in [1.807, 2.05) is 24.1 Å². The fourth-order valence-electron chi connectivity index (χ4n) is 2.42. The molecule has 0 aliphatic heterocycles. The van der Waals surface area contributed by atoms with Gasteiger partial charge in [0.1, 0.15) is 0 Å². The van der Waals surface area contributed by atoms with Crippen molar-refractivity contribution in [3.63, 3.8) is 0 Å². The first-order chi connectivity index (χ1) is 11.1. The van der Waals surface area contributed by atoms with E-state index in [0.29, 0.717) is 0 Å². The SMILES string of the molecule is CCNC(=NCCc1ccc(C)cc1)N(C)Cc1cnn(C)c1.I. The smallest absolute Gasteiger partial charge is 0.193 e. The quantitative estimate of drug-likeness (QED) is 0.426. The molecule has 0 bridgehead atoms. The fourth-order valence-corrected chi connectivity index (χ4v) is 2.42. The molecule has 1 aromatic carbocycles. The zero-order valence-corrected chi connectivity index (χ0v) is 17.3. The molecule has 132 valence electrons. The summed E-state index contributed by atoms with van der Waals surface area (Å²) in [5, 5.41) is 7.57. The Morgan fingerprint density at radius 1 is 1.25 bits per heavy atom. The van der Waals surface area contributed by atoms with Gasteiger partial charge in [-0.15, -0.1) is 24.0 Å². The monoisotopic (exact) mass is 441 g/mol. The van der Waals surface area contributed by atoms with E-state index in [-0.39, 0.29) is 24.0 Å². The number of halogens is 1. The van der Waals surface area contributed by atoms with Crippen LogP contribution in [0, 0.1) is 6.92 Å². The highest BCUT2D eigenvalue weighted by molar-refractivity contribution is 14.0. The van der Waals surface area contributed by atoms with Gasteiger partial charge in [-0.25, -0.2) is 0 Å². The van der Waals surface area contributed by atoms with Crippen LogP contribution in [0.4, 0.5) is 0 Å². The number of guanidine groups is 1. The summed E-state index contributed by atoms with van der Waals surface area (Å²) in [7, 11) is 3.99. The number of rotatable bonds is 6. The van der Waals surface area contributed by atoms with Crippen LogP contribution < -0.4 is 5.32 Å². The Morgan fingerprint density at radius 2 is 1.96 bits per heavy atom. The lowest BCUT2D eigenvalue weighted by molar-refractivity contribution is 0.477. The van der Waals surface area contributed by atoms with Gasteiger partial charge in [0.25, 0.3) is 0 Å². The maximum atomic E-state index is 4.74. The van der Waals surface area contributed by atoms with Crippen molar-refractivity contribution in [2.75, 3.05) is 20.1 Å². The summed E-state index contributed by atoms with van der Waals surface area (Å²) in [5.41, 5.74) is 3.80. The maximum Gasteiger partial charge on any atom is 0.193 e. The van der Waals surface area contributed by atoms with E-state index in [9.17, 15) is 0 Å². The molecule has 5 nitrogen and oxygen atoms in total. The molecule has 0 amide bonds. The molecular formula is C18H28IN5. The third-order valence-electron chi connectivity index (χ3n) is 3.66. The summed E-state index contributed by atoms with van der Waals surface area (Å²) >= 11 is 0. The lowest BCUT2D eigenvalue weighted by Crippen LogP contribution is -2.38. The highest BCUT2D eigenvalue weighted by Gasteiger charge is 2.07. The minimum absolute atomic E-state index is 0. The minimum atomic E-state index is 0. The second-order valence-corrected chi connectivity index (χ2v) is 5.85. The summed E-state index contributed by atoms with van der Waals surface area (Å²) in [5.74, 6) is 0.934. The molecule has 1 heterocycles. The number of hydrogen-bond acceptors (Lipinski definition) is 2. The molecule has 2 aromatic rings. The van der Waals surface area contributed by atoms with E-state index < -0.39 is 0 Å². The number of hydrogen-bond donors (Lipinski definition) is 1. The van der Waals surface area contributed by atoms with Gasteiger partial charge in [0, 0.05) is 45.5 Å². The number of aromatic nitrogens is 2. The predicted molar refractivity (Wildman–Crippen MR) is 111 cm³/mol. The van der Waals surface area contributed by atoms with E-state index in [1.165, 1.54) is 16.7 Å². The average molecular weight is 441 g/mol. The average Bonchev–Trinajstić information content (AvgIpc) is 2.93. The number of aliphatic imine (C=N–C) groups is 1. The van der Waals surface area contributed by atoms with Crippen LogP contribution >= 0.6 is 24.0 Å². The zero-order valence-electron chi connectivity index (χ0n) is 15.0.